The lowest BCUT2D eigenvalue weighted by molar-refractivity contribution is 0.163. The minimum absolute atomic E-state index is 0.0842. The summed E-state index contributed by atoms with van der Waals surface area (Å²) < 4.78 is 40.3. The second kappa shape index (κ2) is 8.13. The lowest BCUT2D eigenvalue weighted by Crippen LogP contribution is -2.12. The van der Waals surface area contributed by atoms with Crippen LogP contribution in [0.1, 0.15) is 5.56 Å². The van der Waals surface area contributed by atoms with Gasteiger partial charge >= 0.3 is 0 Å². The molecule has 148 valence electrons. The quantitative estimate of drug-likeness (QED) is 0.492. The molecular weight excluding hydrogens is 383 g/mol. The highest BCUT2D eigenvalue weighted by Crippen LogP contribution is 2.21. The molecule has 0 saturated heterocycles. The maximum Gasteiger partial charge on any atom is 0.255 e. The number of nitrogens with zero attached hydrogens (tertiary/aromatic N) is 5. The van der Waals surface area contributed by atoms with Gasteiger partial charge in [-0.1, -0.05) is 18.2 Å². The van der Waals surface area contributed by atoms with Gasteiger partial charge in [0.2, 0.25) is 5.95 Å². The van der Waals surface area contributed by atoms with E-state index in [4.69, 9.17) is 0 Å². The molecule has 0 saturated carbocycles. The van der Waals surface area contributed by atoms with E-state index in [1.54, 1.807) is 47.4 Å². The fraction of sp³-hybridized carbons (Fsp3) is 0.158. The number of halogens is 3. The van der Waals surface area contributed by atoms with Gasteiger partial charge < -0.3 is 10.6 Å². The Balaban J connectivity index is 1.56. The highest BCUT2D eigenvalue weighted by atomic mass is 19.3. The molecule has 0 aliphatic rings. The van der Waals surface area contributed by atoms with Crippen molar-refractivity contribution >= 4 is 28.5 Å². The van der Waals surface area contributed by atoms with Gasteiger partial charge in [-0.05, 0) is 12.1 Å². The Bertz CT molecular complexity index is 1130. The Labute approximate surface area is 163 Å². The van der Waals surface area contributed by atoms with Crippen LogP contribution < -0.4 is 10.6 Å². The standard InChI is InChI=1S/C19H16F3N7/c20-14-4-2-1-3-12(14)11-29-15-7-18(24-8-13(15)9-26-29)27-17-5-6-23-19(28-17)25-10-16(21)22/h1-9,16H,10-11H2,(H2,23,24,25,27,28). The van der Waals surface area contributed by atoms with E-state index in [0.717, 1.165) is 10.9 Å². The highest BCUT2D eigenvalue weighted by molar-refractivity contribution is 5.81. The van der Waals surface area contributed by atoms with Crippen molar-refractivity contribution in [3.8, 4) is 0 Å². The van der Waals surface area contributed by atoms with Gasteiger partial charge in [-0.25, -0.2) is 23.1 Å². The normalized spacial score (nSPS) is 11.2. The van der Waals surface area contributed by atoms with Crippen LogP contribution in [0.2, 0.25) is 0 Å². The van der Waals surface area contributed by atoms with Crippen molar-refractivity contribution in [2.24, 2.45) is 0 Å². The number of rotatable bonds is 7. The number of benzene rings is 1. The molecule has 7 nitrogen and oxygen atoms in total. The fourth-order valence-corrected chi connectivity index (χ4v) is 2.77. The Morgan fingerprint density at radius 3 is 2.72 bits per heavy atom. The summed E-state index contributed by atoms with van der Waals surface area (Å²) in [5.41, 5.74) is 1.28. The van der Waals surface area contributed by atoms with Gasteiger partial charge in [-0.2, -0.15) is 10.1 Å². The lowest BCUT2D eigenvalue weighted by Gasteiger charge is -2.09. The Morgan fingerprint density at radius 1 is 1.03 bits per heavy atom. The van der Waals surface area contributed by atoms with Crippen LogP contribution in [0.5, 0.6) is 0 Å². The molecule has 0 amide bonds. The van der Waals surface area contributed by atoms with E-state index in [-0.39, 0.29) is 18.3 Å². The number of fused-ring (bicyclic) bond motifs is 1. The molecule has 0 aliphatic heterocycles. The molecule has 0 unspecified atom stereocenters. The van der Waals surface area contributed by atoms with E-state index in [0.29, 0.717) is 17.2 Å². The van der Waals surface area contributed by atoms with Crippen molar-refractivity contribution in [2.75, 3.05) is 17.2 Å². The smallest absolute Gasteiger partial charge is 0.255 e. The third kappa shape index (κ3) is 4.42. The first-order valence-electron chi connectivity index (χ1n) is 8.75. The summed E-state index contributed by atoms with van der Waals surface area (Å²) in [5.74, 6) is 0.657. The van der Waals surface area contributed by atoms with Gasteiger partial charge in [0.15, 0.2) is 0 Å². The minimum atomic E-state index is -2.51. The van der Waals surface area contributed by atoms with E-state index >= 15 is 0 Å². The first-order valence-corrected chi connectivity index (χ1v) is 8.75. The van der Waals surface area contributed by atoms with Crippen molar-refractivity contribution in [2.45, 2.75) is 13.0 Å². The molecule has 4 rings (SSSR count). The SMILES string of the molecule is Fc1ccccc1Cn1ncc2cnc(Nc3ccnc(NCC(F)F)n3)cc21. The molecule has 0 radical (unpaired) electrons. The second-order valence-corrected chi connectivity index (χ2v) is 6.18. The molecule has 29 heavy (non-hydrogen) atoms. The number of hydrogen-bond acceptors (Lipinski definition) is 6. The monoisotopic (exact) mass is 399 g/mol. The van der Waals surface area contributed by atoms with Crippen LogP contribution in [-0.4, -0.2) is 37.7 Å². The maximum absolute atomic E-state index is 14.0. The summed E-state index contributed by atoms with van der Waals surface area (Å²) in [6.45, 7) is -0.266. The largest absolute Gasteiger partial charge is 0.348 e. The Hall–Kier alpha value is -3.69. The van der Waals surface area contributed by atoms with Crippen LogP contribution in [0.3, 0.4) is 0 Å². The van der Waals surface area contributed by atoms with Crippen LogP contribution in [-0.2, 0) is 6.54 Å². The Kier molecular flexibility index (Phi) is 5.23. The van der Waals surface area contributed by atoms with E-state index in [1.165, 1.54) is 12.3 Å². The lowest BCUT2D eigenvalue weighted by atomic mass is 10.2. The zero-order valence-electron chi connectivity index (χ0n) is 15.1. The van der Waals surface area contributed by atoms with Crippen molar-refractivity contribution in [1.82, 2.24) is 24.7 Å². The van der Waals surface area contributed by atoms with Crippen LogP contribution in [0.25, 0.3) is 10.9 Å². The molecule has 0 aliphatic carbocycles. The summed E-state index contributed by atoms with van der Waals surface area (Å²) in [6, 6.07) is 9.88. The zero-order chi connectivity index (χ0) is 20.2. The second-order valence-electron chi connectivity index (χ2n) is 6.18. The summed E-state index contributed by atoms with van der Waals surface area (Å²) in [7, 11) is 0. The summed E-state index contributed by atoms with van der Waals surface area (Å²) in [6.07, 6.45) is 2.24. The van der Waals surface area contributed by atoms with Crippen molar-refractivity contribution < 1.29 is 13.2 Å². The number of anilines is 3. The zero-order valence-corrected chi connectivity index (χ0v) is 15.1. The predicted molar refractivity (Wildman–Crippen MR) is 103 cm³/mol. The number of aromatic nitrogens is 5. The maximum atomic E-state index is 14.0. The molecule has 0 fully saturated rings. The molecule has 1 aromatic carbocycles. The van der Waals surface area contributed by atoms with Gasteiger partial charge in [0.05, 0.1) is 24.8 Å². The fourth-order valence-electron chi connectivity index (χ4n) is 2.77. The first kappa shape index (κ1) is 18.7. The molecule has 4 aromatic rings. The van der Waals surface area contributed by atoms with E-state index in [9.17, 15) is 13.2 Å². The molecule has 0 atom stereocenters. The van der Waals surface area contributed by atoms with Crippen molar-refractivity contribution in [1.29, 1.82) is 0 Å². The van der Waals surface area contributed by atoms with Crippen LogP contribution in [0, 0.1) is 5.82 Å². The summed E-state index contributed by atoms with van der Waals surface area (Å²) in [5, 5.41) is 10.6. The number of hydrogen-bond donors (Lipinski definition) is 2. The average molecular weight is 399 g/mol. The summed E-state index contributed by atoms with van der Waals surface area (Å²) in [4.78, 5) is 12.3. The number of pyridine rings is 1. The van der Waals surface area contributed by atoms with Crippen molar-refractivity contribution in [3.63, 3.8) is 0 Å². The molecule has 10 heteroatoms. The van der Waals surface area contributed by atoms with Gasteiger partial charge in [0.1, 0.15) is 17.5 Å². The third-order valence-corrected chi connectivity index (χ3v) is 4.13. The molecule has 0 bridgehead atoms. The molecule has 0 spiro atoms. The van der Waals surface area contributed by atoms with Gasteiger partial charge in [-0.15, -0.1) is 0 Å². The van der Waals surface area contributed by atoms with Crippen molar-refractivity contribution in [3.05, 3.63) is 66.4 Å². The highest BCUT2D eigenvalue weighted by Gasteiger charge is 2.09. The Morgan fingerprint density at radius 2 is 1.90 bits per heavy atom. The number of nitrogens with one attached hydrogen (secondary N) is 2. The van der Waals surface area contributed by atoms with Gasteiger partial charge in [0, 0.05) is 29.4 Å². The van der Waals surface area contributed by atoms with Crippen LogP contribution in [0.4, 0.5) is 30.8 Å². The van der Waals surface area contributed by atoms with Gasteiger partial charge in [0.25, 0.3) is 6.43 Å². The third-order valence-electron chi connectivity index (χ3n) is 4.13. The van der Waals surface area contributed by atoms with E-state index in [1.807, 2.05) is 0 Å². The topological polar surface area (TPSA) is 80.5 Å². The summed E-state index contributed by atoms with van der Waals surface area (Å²) >= 11 is 0. The first-order chi connectivity index (χ1) is 14.1. The molecule has 3 heterocycles. The van der Waals surface area contributed by atoms with E-state index in [2.05, 4.69) is 30.7 Å². The molecule has 2 N–H and O–H groups in total. The predicted octanol–water partition coefficient (Wildman–Crippen LogP) is 3.83. The number of alkyl halides is 2. The van der Waals surface area contributed by atoms with E-state index < -0.39 is 13.0 Å². The van der Waals surface area contributed by atoms with Gasteiger partial charge in [-0.3, -0.25) is 4.68 Å². The minimum Gasteiger partial charge on any atom is -0.348 e. The van der Waals surface area contributed by atoms with Crippen LogP contribution >= 0.6 is 0 Å². The van der Waals surface area contributed by atoms with Crippen LogP contribution in [0.15, 0.2) is 55.0 Å². The molecule has 3 aromatic heterocycles. The molecular formula is C19H16F3N7. The average Bonchev–Trinajstić information content (AvgIpc) is 3.11.